The predicted molar refractivity (Wildman–Crippen MR) is 70.7 cm³/mol. The Kier molecular flexibility index (Phi) is 4.83. The molecule has 0 aliphatic carbocycles. The zero-order valence-corrected chi connectivity index (χ0v) is 11.9. The minimum atomic E-state index is -0.358. The number of benzene rings is 1. The third kappa shape index (κ3) is 4.21. The molecule has 0 fully saturated rings. The lowest BCUT2D eigenvalue weighted by Crippen LogP contribution is -2.36. The van der Waals surface area contributed by atoms with Gasteiger partial charge in [-0.05, 0) is 30.7 Å². The highest BCUT2D eigenvalue weighted by atomic mass is 79.9. The van der Waals surface area contributed by atoms with Gasteiger partial charge in [-0.1, -0.05) is 29.8 Å². The molecule has 17 heavy (non-hydrogen) atoms. The van der Waals surface area contributed by atoms with Crippen LogP contribution in [0.25, 0.3) is 0 Å². The molecule has 0 amide bonds. The Labute approximate surface area is 110 Å². The van der Waals surface area contributed by atoms with E-state index in [0.717, 1.165) is 4.47 Å². The highest BCUT2D eigenvalue weighted by Crippen LogP contribution is 2.27. The van der Waals surface area contributed by atoms with Crippen molar-refractivity contribution in [2.45, 2.75) is 26.2 Å². The fourth-order valence-electron chi connectivity index (χ4n) is 1.66. The largest absolute Gasteiger partial charge is 0.309 e. The Morgan fingerprint density at radius 2 is 2.12 bits per heavy atom. The van der Waals surface area contributed by atoms with Gasteiger partial charge in [0.15, 0.2) is 0 Å². The number of hydrogen-bond acceptors (Lipinski definition) is 2. The van der Waals surface area contributed by atoms with Crippen LogP contribution < -0.4 is 5.32 Å². The van der Waals surface area contributed by atoms with Crippen LogP contribution in [0.2, 0.25) is 0 Å². The van der Waals surface area contributed by atoms with Crippen molar-refractivity contribution in [2.24, 2.45) is 0 Å². The highest BCUT2D eigenvalue weighted by Gasteiger charge is 2.24. The Morgan fingerprint density at radius 3 is 2.71 bits per heavy atom. The highest BCUT2D eigenvalue weighted by molar-refractivity contribution is 9.10. The van der Waals surface area contributed by atoms with Gasteiger partial charge in [0.05, 0.1) is 6.54 Å². The lowest BCUT2D eigenvalue weighted by atomic mass is 9.84. The number of rotatable bonds is 5. The molecule has 0 heterocycles. The van der Waals surface area contributed by atoms with Crippen LogP contribution in [0.1, 0.15) is 26.3 Å². The molecule has 0 aliphatic rings. The maximum absolute atomic E-state index is 13.7. The normalized spacial score (nSPS) is 11.6. The van der Waals surface area contributed by atoms with Crippen molar-refractivity contribution in [1.82, 2.24) is 5.32 Å². The molecule has 0 unspecified atom stereocenters. The third-order valence-corrected chi connectivity index (χ3v) is 3.09. The van der Waals surface area contributed by atoms with E-state index in [0.29, 0.717) is 18.7 Å². The summed E-state index contributed by atoms with van der Waals surface area (Å²) in [5, 5.41) is 3.04. The van der Waals surface area contributed by atoms with Crippen molar-refractivity contribution in [3.8, 4) is 0 Å². The Bertz CT molecular complexity index is 418. The van der Waals surface area contributed by atoms with E-state index < -0.39 is 0 Å². The Hall–Kier alpha value is -0.740. The number of nitrogens with one attached hydrogen (secondary N) is 1. The second-order valence-electron chi connectivity index (χ2n) is 4.81. The summed E-state index contributed by atoms with van der Waals surface area (Å²) >= 11 is 3.34. The maximum Gasteiger partial charge on any atom is 0.143 e. The van der Waals surface area contributed by atoms with E-state index in [1.165, 1.54) is 13.0 Å². The van der Waals surface area contributed by atoms with Crippen LogP contribution in [-0.2, 0) is 10.2 Å². The van der Waals surface area contributed by atoms with Gasteiger partial charge in [-0.25, -0.2) is 4.39 Å². The fraction of sp³-hybridized carbons (Fsp3) is 0.462. The molecule has 1 aromatic rings. The molecule has 0 bridgehead atoms. The SMILES string of the molecule is CC(=O)CNCC(C)(C)c1cc(Br)ccc1F. The van der Waals surface area contributed by atoms with Crippen LogP contribution >= 0.6 is 15.9 Å². The third-order valence-electron chi connectivity index (χ3n) is 2.60. The molecule has 1 N–H and O–H groups in total. The van der Waals surface area contributed by atoms with Crippen LogP contribution in [0.15, 0.2) is 22.7 Å². The van der Waals surface area contributed by atoms with Crippen LogP contribution in [0.3, 0.4) is 0 Å². The van der Waals surface area contributed by atoms with Gasteiger partial charge in [-0.15, -0.1) is 0 Å². The average Bonchev–Trinajstić information content (AvgIpc) is 2.20. The second-order valence-corrected chi connectivity index (χ2v) is 5.73. The first-order valence-corrected chi connectivity index (χ1v) is 6.28. The van der Waals surface area contributed by atoms with Gasteiger partial charge in [0.2, 0.25) is 0 Å². The minimum Gasteiger partial charge on any atom is -0.309 e. The minimum absolute atomic E-state index is 0.0792. The quantitative estimate of drug-likeness (QED) is 0.906. The summed E-state index contributed by atoms with van der Waals surface area (Å²) in [7, 11) is 0. The first-order chi connectivity index (χ1) is 7.83. The van der Waals surface area contributed by atoms with Crippen molar-refractivity contribution in [3.63, 3.8) is 0 Å². The average molecular weight is 302 g/mol. The Balaban J connectivity index is 2.81. The molecule has 1 rings (SSSR count). The molecular weight excluding hydrogens is 285 g/mol. The van der Waals surface area contributed by atoms with Crippen molar-refractivity contribution in [1.29, 1.82) is 0 Å². The molecule has 0 radical (unpaired) electrons. The summed E-state index contributed by atoms with van der Waals surface area (Å²) in [5.41, 5.74) is 0.284. The van der Waals surface area contributed by atoms with Gasteiger partial charge in [-0.2, -0.15) is 0 Å². The predicted octanol–water partition coefficient (Wildman–Crippen LogP) is 3.04. The van der Waals surface area contributed by atoms with Gasteiger partial charge >= 0.3 is 0 Å². The van der Waals surface area contributed by atoms with Crippen LogP contribution in [-0.4, -0.2) is 18.9 Å². The van der Waals surface area contributed by atoms with Crippen molar-refractivity contribution >= 4 is 21.7 Å². The summed E-state index contributed by atoms with van der Waals surface area (Å²) in [4.78, 5) is 10.8. The molecule has 0 aliphatic heterocycles. The summed E-state index contributed by atoms with van der Waals surface area (Å²) in [5.74, 6) is -0.140. The van der Waals surface area contributed by atoms with Crippen LogP contribution in [0.4, 0.5) is 4.39 Å². The molecule has 94 valence electrons. The van der Waals surface area contributed by atoms with Crippen molar-refractivity contribution in [3.05, 3.63) is 34.1 Å². The Morgan fingerprint density at radius 1 is 1.47 bits per heavy atom. The van der Waals surface area contributed by atoms with E-state index in [1.807, 2.05) is 13.8 Å². The first-order valence-electron chi connectivity index (χ1n) is 5.48. The van der Waals surface area contributed by atoms with E-state index in [4.69, 9.17) is 0 Å². The number of halogens is 2. The monoisotopic (exact) mass is 301 g/mol. The van der Waals surface area contributed by atoms with Crippen LogP contribution in [0.5, 0.6) is 0 Å². The number of carbonyl (C=O) groups is 1. The lowest BCUT2D eigenvalue weighted by Gasteiger charge is -2.26. The van der Waals surface area contributed by atoms with E-state index in [2.05, 4.69) is 21.2 Å². The van der Waals surface area contributed by atoms with Crippen molar-refractivity contribution < 1.29 is 9.18 Å². The lowest BCUT2D eigenvalue weighted by molar-refractivity contribution is -0.116. The molecule has 0 saturated heterocycles. The molecule has 4 heteroatoms. The van der Waals surface area contributed by atoms with Crippen LogP contribution in [0, 0.1) is 5.82 Å². The summed E-state index contributed by atoms with van der Waals surface area (Å²) in [6, 6.07) is 4.91. The number of ketones is 1. The molecule has 0 aromatic heterocycles. The zero-order valence-electron chi connectivity index (χ0n) is 10.3. The molecule has 0 atom stereocenters. The molecule has 0 spiro atoms. The smallest absolute Gasteiger partial charge is 0.143 e. The fourth-order valence-corrected chi connectivity index (χ4v) is 2.02. The topological polar surface area (TPSA) is 29.1 Å². The first kappa shape index (κ1) is 14.3. The number of Topliss-reactive ketones (excluding diaryl/α,β-unsaturated/α-hetero) is 1. The van der Waals surface area contributed by atoms with Gasteiger partial charge in [0.25, 0.3) is 0 Å². The van der Waals surface area contributed by atoms with Gasteiger partial charge < -0.3 is 5.32 Å². The summed E-state index contributed by atoms with van der Waals surface area (Å²) < 4.78 is 14.6. The van der Waals surface area contributed by atoms with E-state index in [1.54, 1.807) is 12.1 Å². The van der Waals surface area contributed by atoms with E-state index in [-0.39, 0.29) is 17.0 Å². The van der Waals surface area contributed by atoms with E-state index in [9.17, 15) is 9.18 Å². The van der Waals surface area contributed by atoms with Gasteiger partial charge in [-0.3, -0.25) is 4.79 Å². The molecule has 2 nitrogen and oxygen atoms in total. The molecular formula is C13H17BrFNO. The van der Waals surface area contributed by atoms with Gasteiger partial charge in [0, 0.05) is 16.4 Å². The second kappa shape index (κ2) is 5.74. The number of hydrogen-bond donors (Lipinski definition) is 1. The van der Waals surface area contributed by atoms with Gasteiger partial charge in [0.1, 0.15) is 11.6 Å². The van der Waals surface area contributed by atoms with E-state index >= 15 is 0 Å². The van der Waals surface area contributed by atoms with Crippen molar-refractivity contribution in [2.75, 3.05) is 13.1 Å². The molecule has 0 saturated carbocycles. The maximum atomic E-state index is 13.7. The standard InChI is InChI=1S/C13H17BrFNO/c1-9(17)7-16-8-13(2,3)11-6-10(14)4-5-12(11)15/h4-6,16H,7-8H2,1-3H3. The molecule has 1 aromatic carbocycles. The summed E-state index contributed by atoms with van der Waals surface area (Å²) in [6.45, 7) is 6.30. The number of carbonyl (C=O) groups excluding carboxylic acids is 1. The zero-order chi connectivity index (χ0) is 13.1. The summed E-state index contributed by atoms with van der Waals surface area (Å²) in [6.07, 6.45) is 0.